The van der Waals surface area contributed by atoms with Gasteiger partial charge in [0.25, 0.3) is 0 Å². The van der Waals surface area contributed by atoms with E-state index in [-0.39, 0.29) is 5.92 Å². The summed E-state index contributed by atoms with van der Waals surface area (Å²) in [5, 5.41) is 2.92. The quantitative estimate of drug-likeness (QED) is 0.774. The first kappa shape index (κ1) is 9.41. The lowest BCUT2D eigenvalue weighted by atomic mass is 10.0. The highest BCUT2D eigenvalue weighted by Crippen LogP contribution is 2.26. The zero-order valence-electron chi connectivity index (χ0n) is 8.42. The zero-order valence-corrected chi connectivity index (χ0v) is 8.42. The van der Waals surface area contributed by atoms with Crippen LogP contribution in [0.25, 0.3) is 0 Å². The predicted octanol–water partition coefficient (Wildman–Crippen LogP) is 1.19. The molecule has 0 fully saturated rings. The van der Waals surface area contributed by atoms with Gasteiger partial charge in [-0.2, -0.15) is 0 Å². The Morgan fingerprint density at radius 2 is 1.93 bits per heavy atom. The molecule has 0 spiro atoms. The molecule has 0 saturated carbocycles. The molecular weight excluding hydrogens is 174 g/mol. The van der Waals surface area contributed by atoms with Crippen LogP contribution in [0, 0.1) is 5.92 Å². The summed E-state index contributed by atoms with van der Waals surface area (Å²) in [6, 6.07) is 8.34. The van der Waals surface area contributed by atoms with Crippen LogP contribution in [0.5, 0.6) is 0 Å². The van der Waals surface area contributed by atoms with E-state index in [0.717, 1.165) is 12.8 Å². The summed E-state index contributed by atoms with van der Waals surface area (Å²) in [7, 11) is 1.82. The Morgan fingerprint density at radius 3 is 2.43 bits per heavy atom. The van der Waals surface area contributed by atoms with Crippen LogP contribution in [0.2, 0.25) is 0 Å². The van der Waals surface area contributed by atoms with Crippen LogP contribution >= 0.6 is 0 Å². The summed E-state index contributed by atoms with van der Waals surface area (Å²) in [4.78, 5) is 11.7. The molecule has 0 amide bonds. The van der Waals surface area contributed by atoms with E-state index < -0.39 is 0 Å². The highest BCUT2D eigenvalue weighted by Gasteiger charge is 2.25. The van der Waals surface area contributed by atoms with Crippen molar-refractivity contribution in [2.45, 2.75) is 12.8 Å². The van der Waals surface area contributed by atoms with Crippen molar-refractivity contribution in [2.24, 2.45) is 5.92 Å². The highest BCUT2D eigenvalue weighted by atomic mass is 16.1. The number of ketones is 1. The number of carbonyl (C=O) groups is 1. The van der Waals surface area contributed by atoms with Crippen molar-refractivity contribution in [3.8, 4) is 0 Å². The Kier molecular flexibility index (Phi) is 2.64. The van der Waals surface area contributed by atoms with E-state index in [0.29, 0.717) is 12.3 Å². The molecule has 0 saturated heterocycles. The number of likely N-dealkylation sites (N-methyl/N-ethyl adjacent to an activating group) is 1. The molecule has 0 radical (unpaired) electrons. The summed E-state index contributed by atoms with van der Waals surface area (Å²) in [5.74, 6) is 0.545. The SMILES string of the molecule is CNCC(=O)C1Cc2ccccc2C1. The molecule has 0 aromatic heterocycles. The second kappa shape index (κ2) is 3.93. The third-order valence-electron chi connectivity index (χ3n) is 2.86. The Bertz CT molecular complexity index is 321. The molecule has 1 aliphatic carbocycles. The molecule has 74 valence electrons. The number of benzene rings is 1. The van der Waals surface area contributed by atoms with Crippen molar-refractivity contribution in [3.63, 3.8) is 0 Å². The third kappa shape index (κ3) is 1.70. The average molecular weight is 189 g/mol. The molecule has 1 aromatic carbocycles. The second-order valence-electron chi connectivity index (χ2n) is 3.87. The van der Waals surface area contributed by atoms with E-state index >= 15 is 0 Å². The summed E-state index contributed by atoms with van der Waals surface area (Å²) in [6.07, 6.45) is 1.85. The topological polar surface area (TPSA) is 29.1 Å². The summed E-state index contributed by atoms with van der Waals surface area (Å²) >= 11 is 0. The number of Topliss-reactive ketones (excluding diaryl/α,β-unsaturated/α-hetero) is 1. The van der Waals surface area contributed by atoms with Gasteiger partial charge >= 0.3 is 0 Å². The normalized spacial score (nSPS) is 15.5. The number of hydrogen-bond acceptors (Lipinski definition) is 2. The van der Waals surface area contributed by atoms with Gasteiger partial charge in [0.05, 0.1) is 6.54 Å². The molecule has 0 unspecified atom stereocenters. The molecule has 14 heavy (non-hydrogen) atoms. The van der Waals surface area contributed by atoms with Crippen LogP contribution in [-0.2, 0) is 17.6 Å². The van der Waals surface area contributed by atoms with E-state index in [1.807, 2.05) is 19.2 Å². The predicted molar refractivity (Wildman–Crippen MR) is 56.3 cm³/mol. The minimum atomic E-state index is 0.208. The van der Waals surface area contributed by atoms with Gasteiger partial charge in [-0.3, -0.25) is 4.79 Å². The standard InChI is InChI=1S/C12H15NO/c1-13-8-12(14)11-6-9-4-2-3-5-10(9)7-11/h2-5,11,13H,6-8H2,1H3. The zero-order chi connectivity index (χ0) is 9.97. The fraction of sp³-hybridized carbons (Fsp3) is 0.417. The Morgan fingerprint density at radius 1 is 1.36 bits per heavy atom. The number of nitrogens with one attached hydrogen (secondary N) is 1. The van der Waals surface area contributed by atoms with Crippen molar-refractivity contribution >= 4 is 5.78 Å². The summed E-state index contributed by atoms with van der Waals surface area (Å²) < 4.78 is 0. The second-order valence-corrected chi connectivity index (χ2v) is 3.87. The molecular formula is C12H15NO. The van der Waals surface area contributed by atoms with Crippen LogP contribution in [-0.4, -0.2) is 19.4 Å². The smallest absolute Gasteiger partial charge is 0.150 e. The number of rotatable bonds is 3. The fourth-order valence-corrected chi connectivity index (χ4v) is 2.11. The first-order valence-corrected chi connectivity index (χ1v) is 5.05. The number of hydrogen-bond donors (Lipinski definition) is 1. The Hall–Kier alpha value is -1.15. The molecule has 0 bridgehead atoms. The van der Waals surface area contributed by atoms with E-state index in [1.54, 1.807) is 0 Å². The maximum Gasteiger partial charge on any atom is 0.150 e. The van der Waals surface area contributed by atoms with Gasteiger partial charge in [-0.05, 0) is 31.0 Å². The van der Waals surface area contributed by atoms with Crippen molar-refractivity contribution in [1.82, 2.24) is 5.32 Å². The molecule has 1 aliphatic rings. The number of carbonyl (C=O) groups excluding carboxylic acids is 1. The molecule has 0 heterocycles. The van der Waals surface area contributed by atoms with E-state index in [1.165, 1.54) is 11.1 Å². The van der Waals surface area contributed by atoms with Gasteiger partial charge in [0.1, 0.15) is 5.78 Å². The van der Waals surface area contributed by atoms with Crippen LogP contribution in [0.1, 0.15) is 11.1 Å². The lowest BCUT2D eigenvalue weighted by Crippen LogP contribution is -2.26. The van der Waals surface area contributed by atoms with Gasteiger partial charge < -0.3 is 5.32 Å². The lowest BCUT2D eigenvalue weighted by Gasteiger charge is -2.06. The first-order valence-electron chi connectivity index (χ1n) is 5.05. The van der Waals surface area contributed by atoms with Crippen LogP contribution in [0.3, 0.4) is 0 Å². The van der Waals surface area contributed by atoms with Gasteiger partial charge in [-0.1, -0.05) is 24.3 Å². The van der Waals surface area contributed by atoms with Gasteiger partial charge in [-0.25, -0.2) is 0 Å². The van der Waals surface area contributed by atoms with Gasteiger partial charge in [0, 0.05) is 5.92 Å². The third-order valence-corrected chi connectivity index (χ3v) is 2.86. The molecule has 0 aliphatic heterocycles. The average Bonchev–Trinajstić information content (AvgIpc) is 2.61. The van der Waals surface area contributed by atoms with E-state index in [9.17, 15) is 4.79 Å². The highest BCUT2D eigenvalue weighted by molar-refractivity contribution is 5.84. The summed E-state index contributed by atoms with van der Waals surface area (Å²) in [5.41, 5.74) is 2.70. The van der Waals surface area contributed by atoms with Crippen LogP contribution in [0.15, 0.2) is 24.3 Å². The van der Waals surface area contributed by atoms with Crippen molar-refractivity contribution < 1.29 is 4.79 Å². The minimum Gasteiger partial charge on any atom is -0.313 e. The maximum atomic E-state index is 11.7. The van der Waals surface area contributed by atoms with Crippen molar-refractivity contribution in [2.75, 3.05) is 13.6 Å². The van der Waals surface area contributed by atoms with Crippen molar-refractivity contribution in [1.29, 1.82) is 0 Å². The van der Waals surface area contributed by atoms with Gasteiger partial charge in [0.2, 0.25) is 0 Å². The summed E-state index contributed by atoms with van der Waals surface area (Å²) in [6.45, 7) is 0.499. The first-order chi connectivity index (χ1) is 6.81. The molecule has 1 N–H and O–H groups in total. The van der Waals surface area contributed by atoms with E-state index in [4.69, 9.17) is 0 Å². The van der Waals surface area contributed by atoms with Crippen LogP contribution < -0.4 is 5.32 Å². The molecule has 0 atom stereocenters. The molecule has 2 nitrogen and oxygen atoms in total. The molecule has 2 rings (SSSR count). The Balaban J connectivity index is 2.08. The number of fused-ring (bicyclic) bond motifs is 1. The molecule has 2 heteroatoms. The van der Waals surface area contributed by atoms with Gasteiger partial charge in [0.15, 0.2) is 0 Å². The fourth-order valence-electron chi connectivity index (χ4n) is 2.11. The Labute approximate surface area is 84.3 Å². The molecule has 1 aromatic rings. The largest absolute Gasteiger partial charge is 0.313 e. The van der Waals surface area contributed by atoms with Crippen molar-refractivity contribution in [3.05, 3.63) is 35.4 Å². The minimum absolute atomic E-state index is 0.208. The monoisotopic (exact) mass is 189 g/mol. The lowest BCUT2D eigenvalue weighted by molar-refractivity contribution is -0.121. The maximum absolute atomic E-state index is 11.7. The van der Waals surface area contributed by atoms with Gasteiger partial charge in [-0.15, -0.1) is 0 Å². The van der Waals surface area contributed by atoms with E-state index in [2.05, 4.69) is 17.4 Å². The van der Waals surface area contributed by atoms with Crippen LogP contribution in [0.4, 0.5) is 0 Å².